The van der Waals surface area contributed by atoms with E-state index in [2.05, 4.69) is 41.0 Å². The van der Waals surface area contributed by atoms with Crippen molar-refractivity contribution in [1.82, 2.24) is 58.9 Å². The third-order valence-electron chi connectivity index (χ3n) is 7.89. The number of nitrogens with zero attached hydrogens (tertiary/aromatic N) is 14. The summed E-state index contributed by atoms with van der Waals surface area (Å²) < 4.78 is 19.0. The Morgan fingerprint density at radius 2 is 1.04 bits per heavy atom. The van der Waals surface area contributed by atoms with E-state index in [-0.39, 0.29) is 24.5 Å². The largest absolute Gasteiger partial charge is 0.497 e. The first-order valence-corrected chi connectivity index (χ1v) is 16.3. The third kappa shape index (κ3) is 8.59. The third-order valence-corrected chi connectivity index (χ3v) is 7.89. The Balaban J connectivity index is 0.944. The minimum atomic E-state index is -0.366. The van der Waals surface area contributed by atoms with Gasteiger partial charge in [0.15, 0.2) is 11.6 Å². The fourth-order valence-corrected chi connectivity index (χ4v) is 5.19. The Hall–Kier alpha value is -6.46. The molecule has 2 aromatic carbocycles. The first kappa shape index (κ1) is 34.4. The Bertz CT molecular complexity index is 2080. The molecule has 0 atom stereocenters. The maximum absolute atomic E-state index is 12.9. The van der Waals surface area contributed by atoms with Crippen LogP contribution in [0.1, 0.15) is 53.4 Å². The van der Waals surface area contributed by atoms with Crippen molar-refractivity contribution >= 4 is 12.4 Å². The van der Waals surface area contributed by atoms with Crippen LogP contribution in [0.4, 0.5) is 0 Å². The molecule has 4 heterocycles. The molecule has 264 valence electrons. The molecule has 6 rings (SSSR count). The highest BCUT2D eigenvalue weighted by atomic mass is 16.5. The van der Waals surface area contributed by atoms with Crippen molar-refractivity contribution < 1.29 is 9.47 Å². The molecule has 0 radical (unpaired) electrons. The van der Waals surface area contributed by atoms with Crippen molar-refractivity contribution in [3.8, 4) is 11.5 Å². The average Bonchev–Trinajstić information content (AvgIpc) is 3.91. The number of benzene rings is 2. The van der Waals surface area contributed by atoms with Gasteiger partial charge in [0.25, 0.3) is 0 Å². The maximum atomic E-state index is 12.9. The molecule has 0 aliphatic rings. The summed E-state index contributed by atoms with van der Waals surface area (Å²) in [6.07, 6.45) is 9.51. The van der Waals surface area contributed by atoms with E-state index in [4.69, 9.17) is 9.47 Å². The molecular weight excluding hydrogens is 656 g/mol. The van der Waals surface area contributed by atoms with Gasteiger partial charge in [-0.2, -0.15) is 29.8 Å². The zero-order valence-electron chi connectivity index (χ0n) is 28.8. The number of hydrogen-bond acceptors (Lipinski definition) is 12. The van der Waals surface area contributed by atoms with Crippen LogP contribution in [-0.4, -0.2) is 85.5 Å². The van der Waals surface area contributed by atoms with Gasteiger partial charge in [0.05, 0.1) is 52.1 Å². The Labute approximate surface area is 291 Å². The van der Waals surface area contributed by atoms with Crippen molar-refractivity contribution in [2.24, 2.45) is 10.2 Å². The summed E-state index contributed by atoms with van der Waals surface area (Å²) in [7, 11) is 3.21. The van der Waals surface area contributed by atoms with E-state index in [9.17, 15) is 9.59 Å². The van der Waals surface area contributed by atoms with Gasteiger partial charge in [-0.1, -0.05) is 10.4 Å². The van der Waals surface area contributed by atoms with Crippen LogP contribution in [0.25, 0.3) is 0 Å². The molecule has 0 fully saturated rings. The Morgan fingerprint density at radius 1 is 0.627 bits per heavy atom. The zero-order valence-corrected chi connectivity index (χ0v) is 28.8. The van der Waals surface area contributed by atoms with Crippen molar-refractivity contribution in [3.05, 3.63) is 116 Å². The summed E-state index contributed by atoms with van der Waals surface area (Å²) in [5.41, 5.74) is 2.16. The number of rotatable bonds is 16. The molecule has 0 aliphatic heterocycles. The number of methoxy groups -OCH3 is 2. The summed E-state index contributed by atoms with van der Waals surface area (Å²) in [5.74, 6) is 2.40. The number of unbranched alkanes of at least 4 members (excludes halogenated alkanes) is 2. The van der Waals surface area contributed by atoms with Crippen LogP contribution < -0.4 is 20.9 Å². The van der Waals surface area contributed by atoms with Gasteiger partial charge in [-0.05, 0) is 92.8 Å². The summed E-state index contributed by atoms with van der Waals surface area (Å²) in [6.45, 7) is 5.16. The Morgan fingerprint density at radius 3 is 1.43 bits per heavy atom. The maximum Gasteiger partial charge on any atom is 0.367 e. The highest BCUT2D eigenvalue weighted by Crippen LogP contribution is 2.11. The van der Waals surface area contributed by atoms with Gasteiger partial charge in [0.1, 0.15) is 22.9 Å². The van der Waals surface area contributed by atoms with Crippen LogP contribution in [0.2, 0.25) is 0 Å². The average molecular weight is 695 g/mol. The molecule has 18 heteroatoms. The van der Waals surface area contributed by atoms with E-state index in [1.165, 1.54) is 18.7 Å². The van der Waals surface area contributed by atoms with Crippen LogP contribution in [0.5, 0.6) is 11.5 Å². The number of ether oxygens (including phenoxy) is 2. The second kappa shape index (κ2) is 15.8. The smallest absolute Gasteiger partial charge is 0.367 e. The van der Waals surface area contributed by atoms with E-state index >= 15 is 0 Å². The second-order valence-corrected chi connectivity index (χ2v) is 11.6. The summed E-state index contributed by atoms with van der Waals surface area (Å²) >= 11 is 0. The summed E-state index contributed by atoms with van der Waals surface area (Å²) in [4.78, 5) is 25.9. The van der Waals surface area contributed by atoms with Gasteiger partial charge >= 0.3 is 11.4 Å². The zero-order chi connectivity index (χ0) is 35.7. The first-order chi connectivity index (χ1) is 24.8. The van der Waals surface area contributed by atoms with Gasteiger partial charge in [0, 0.05) is 13.1 Å². The van der Waals surface area contributed by atoms with E-state index in [0.717, 1.165) is 41.9 Å². The van der Waals surface area contributed by atoms with Crippen LogP contribution in [0.15, 0.2) is 80.7 Å². The topological polar surface area (TPSA) is 184 Å². The predicted molar refractivity (Wildman–Crippen MR) is 187 cm³/mol. The molecule has 51 heavy (non-hydrogen) atoms. The summed E-state index contributed by atoms with van der Waals surface area (Å²) in [6, 6.07) is 14.7. The fraction of sp³-hybridized carbons (Fsp3) is 0.333. The molecule has 0 amide bonds. The monoisotopic (exact) mass is 694 g/mol. The number of hydrogen-bond donors (Lipinski definition) is 0. The van der Waals surface area contributed by atoms with Crippen LogP contribution >= 0.6 is 0 Å². The molecule has 0 N–H and O–H groups in total. The van der Waals surface area contributed by atoms with Gasteiger partial charge in [-0.3, -0.25) is 9.36 Å². The molecule has 0 saturated heterocycles. The van der Waals surface area contributed by atoms with Gasteiger partial charge in [0.2, 0.25) is 0 Å². The molecular formula is C33H38N14O4. The molecule has 0 saturated carbocycles. The molecule has 4 aromatic heterocycles. The fourth-order valence-electron chi connectivity index (χ4n) is 5.19. The van der Waals surface area contributed by atoms with Crippen LogP contribution in [0, 0.1) is 13.8 Å². The van der Waals surface area contributed by atoms with E-state index in [1.54, 1.807) is 49.9 Å². The lowest BCUT2D eigenvalue weighted by Gasteiger charge is -2.01. The van der Waals surface area contributed by atoms with Crippen molar-refractivity contribution in [3.63, 3.8) is 0 Å². The van der Waals surface area contributed by atoms with Gasteiger partial charge in [-0.25, -0.2) is 19.0 Å². The number of aryl methyl sites for hydroxylation is 4. The first-order valence-electron chi connectivity index (χ1n) is 16.3. The molecule has 0 aliphatic carbocycles. The molecule has 6 aromatic rings. The standard InChI is InChI=1S/C33H38N14O4/c1-24-38-44(32(48)46(24)34-18-26-8-12-30(50-3)13-9-26)22-28-20-42(40-36-28)16-6-5-7-17-43-21-29(37-41-43)23-45-33(49)47(25(2)39-45)35-19-27-10-14-31(51-4)15-11-27/h8-15,18-21H,5-7,16-17,22-23H2,1-4H3/b34-18+,35-19+. The van der Waals surface area contributed by atoms with E-state index in [1.807, 2.05) is 60.9 Å². The van der Waals surface area contributed by atoms with Crippen molar-refractivity contribution in [2.45, 2.75) is 59.3 Å². The second-order valence-electron chi connectivity index (χ2n) is 11.6. The molecule has 0 bridgehead atoms. The normalized spacial score (nSPS) is 11.7. The van der Waals surface area contributed by atoms with Crippen LogP contribution in [-0.2, 0) is 26.2 Å². The lowest BCUT2D eigenvalue weighted by molar-refractivity contribution is 0.414. The van der Waals surface area contributed by atoms with Crippen molar-refractivity contribution in [2.75, 3.05) is 14.2 Å². The number of aromatic nitrogens is 12. The Kier molecular flexibility index (Phi) is 10.7. The lowest BCUT2D eigenvalue weighted by Crippen LogP contribution is -2.23. The van der Waals surface area contributed by atoms with E-state index in [0.29, 0.717) is 36.1 Å². The molecule has 0 unspecified atom stereocenters. The lowest BCUT2D eigenvalue weighted by atomic mass is 10.2. The van der Waals surface area contributed by atoms with E-state index < -0.39 is 0 Å². The van der Waals surface area contributed by atoms with Crippen molar-refractivity contribution in [1.29, 1.82) is 0 Å². The summed E-state index contributed by atoms with van der Waals surface area (Å²) in [5, 5.41) is 34.1. The molecule has 18 nitrogen and oxygen atoms in total. The van der Waals surface area contributed by atoms with Gasteiger partial charge < -0.3 is 9.47 Å². The highest BCUT2D eigenvalue weighted by molar-refractivity contribution is 5.80. The molecule has 0 spiro atoms. The van der Waals surface area contributed by atoms with Gasteiger partial charge in [-0.15, -0.1) is 10.2 Å². The SMILES string of the molecule is COc1ccc(/C=N/n2c(C)nn(Cc3cn(CCCCCn4cc(Cn5nc(C)n(/N=C/c6ccc(OC)cc6)c5=O)nn4)nn3)c2=O)cc1. The minimum Gasteiger partial charge on any atom is -0.497 e. The highest BCUT2D eigenvalue weighted by Gasteiger charge is 2.13. The predicted octanol–water partition coefficient (Wildman–Crippen LogP) is 1.95. The quantitative estimate of drug-likeness (QED) is 0.107. The minimum absolute atomic E-state index is 0.183. The van der Waals surface area contributed by atoms with Crippen LogP contribution in [0.3, 0.4) is 0 Å².